The van der Waals surface area contributed by atoms with Crippen LogP contribution in [0.25, 0.3) is 0 Å². The van der Waals surface area contributed by atoms with Crippen molar-refractivity contribution in [1.29, 1.82) is 0 Å². The Hall–Kier alpha value is -3.18. The zero-order valence-corrected chi connectivity index (χ0v) is 26.3. The molecule has 0 saturated heterocycles. The second-order valence-electron chi connectivity index (χ2n) is 9.42. The van der Waals surface area contributed by atoms with Gasteiger partial charge in [-0.15, -0.1) is 22.7 Å². The quantitative estimate of drug-likeness (QED) is 0.118. The number of thiophene rings is 2. The number of carbonyl (C=O) groups is 2. The van der Waals surface area contributed by atoms with E-state index in [0.29, 0.717) is 54.1 Å². The van der Waals surface area contributed by atoms with Crippen molar-refractivity contribution < 1.29 is 27.3 Å². The molecule has 6 aromatic rings. The Kier molecular flexibility index (Phi) is 8.43. The zero-order chi connectivity index (χ0) is 28.3. The van der Waals surface area contributed by atoms with E-state index in [0.717, 1.165) is 55.0 Å². The van der Waals surface area contributed by atoms with E-state index in [1.165, 1.54) is 16.0 Å². The fraction of sp³-hybridized carbons (Fsp3) is 0.161. The molecule has 0 amide bonds. The largest absolute Gasteiger partial charge is 0.468 e. The summed E-state index contributed by atoms with van der Waals surface area (Å²) in [5.41, 5.74) is 1.09. The lowest BCUT2D eigenvalue weighted by Crippen LogP contribution is -1.88. The second kappa shape index (κ2) is 12.4. The molecule has 0 unspecified atom stereocenters. The Balaban J connectivity index is 1.11. The minimum absolute atomic E-state index is 0.435. The van der Waals surface area contributed by atoms with Crippen LogP contribution in [0.2, 0.25) is 0 Å². The molecule has 10 heteroatoms. The smallest absolute Gasteiger partial charge is 0.153 e. The van der Waals surface area contributed by atoms with Crippen LogP contribution < -0.4 is 0 Å². The van der Waals surface area contributed by atoms with E-state index in [-0.39, 0.29) is 0 Å². The summed E-state index contributed by atoms with van der Waals surface area (Å²) < 4.78 is 25.2. The highest BCUT2D eigenvalue weighted by Crippen LogP contribution is 2.31. The maximum Gasteiger partial charge on any atom is 0.153 e. The predicted octanol–water partition coefficient (Wildman–Crippen LogP) is 9.29. The minimum Gasteiger partial charge on any atom is -0.468 e. The Labute approximate surface area is 260 Å². The van der Waals surface area contributed by atoms with Crippen LogP contribution in [-0.2, 0) is 32.1 Å². The molecular formula is C31H22Br2O6S2. The Morgan fingerprint density at radius 2 is 1.10 bits per heavy atom. The fourth-order valence-electron chi connectivity index (χ4n) is 4.57. The van der Waals surface area contributed by atoms with Crippen molar-refractivity contribution in [3.63, 3.8) is 0 Å². The first-order chi connectivity index (χ1) is 20.0. The monoisotopic (exact) mass is 712 g/mol. The van der Waals surface area contributed by atoms with Crippen LogP contribution in [0.5, 0.6) is 0 Å². The van der Waals surface area contributed by atoms with Crippen molar-refractivity contribution in [3.8, 4) is 0 Å². The number of aldehydes is 2. The maximum absolute atomic E-state index is 11.8. The molecule has 6 nitrogen and oxygen atoms in total. The molecule has 0 bridgehead atoms. The van der Waals surface area contributed by atoms with Gasteiger partial charge in [0.15, 0.2) is 12.6 Å². The number of hydrogen-bond donors (Lipinski definition) is 0. The first kappa shape index (κ1) is 28.0. The molecule has 6 rings (SSSR count). The van der Waals surface area contributed by atoms with Gasteiger partial charge in [-0.05, 0) is 80.4 Å². The van der Waals surface area contributed by atoms with Crippen LogP contribution in [0.3, 0.4) is 0 Å². The molecule has 0 spiro atoms. The lowest BCUT2D eigenvalue weighted by Gasteiger charge is -1.98. The average molecular weight is 714 g/mol. The first-order valence-corrected chi connectivity index (χ1v) is 15.9. The first-order valence-electron chi connectivity index (χ1n) is 12.7. The van der Waals surface area contributed by atoms with Crippen molar-refractivity contribution >= 4 is 67.1 Å². The molecule has 0 aromatic carbocycles. The molecule has 0 radical (unpaired) electrons. The lowest BCUT2D eigenvalue weighted by molar-refractivity contribution is 0.111. The Morgan fingerprint density at radius 3 is 1.73 bits per heavy atom. The number of hydrogen-bond acceptors (Lipinski definition) is 8. The Morgan fingerprint density at radius 1 is 0.561 bits per heavy atom. The van der Waals surface area contributed by atoms with Gasteiger partial charge in [-0.25, -0.2) is 0 Å². The maximum atomic E-state index is 11.8. The van der Waals surface area contributed by atoms with Gasteiger partial charge in [-0.3, -0.25) is 9.59 Å². The van der Waals surface area contributed by atoms with E-state index in [4.69, 9.17) is 17.7 Å². The standard InChI is InChI=1S/C31H22Br2O6S2/c32-26-6-8-37-30(26)14-24-3-4-25(41-24)15-31-27(33)11-21(39-31)10-20-9-19(17-35)29(38-20)13-23-2-1-22(40-23)12-28-18(16-34)5-7-36-28/h1-9,11,16-17H,10,12-15H2. The normalized spacial score (nSPS) is 11.4. The van der Waals surface area contributed by atoms with Gasteiger partial charge >= 0.3 is 0 Å². The summed E-state index contributed by atoms with van der Waals surface area (Å²) in [7, 11) is 0. The number of halogens is 2. The molecule has 0 N–H and O–H groups in total. The topological polar surface area (TPSA) is 86.7 Å². The highest BCUT2D eigenvalue weighted by atomic mass is 79.9. The van der Waals surface area contributed by atoms with E-state index < -0.39 is 0 Å². The summed E-state index contributed by atoms with van der Waals surface area (Å²) in [6.07, 6.45) is 7.72. The van der Waals surface area contributed by atoms with Crippen LogP contribution >= 0.6 is 54.5 Å². The van der Waals surface area contributed by atoms with E-state index >= 15 is 0 Å². The molecule has 0 aliphatic carbocycles. The Bertz CT molecular complexity index is 1810. The van der Waals surface area contributed by atoms with Crippen LogP contribution in [0.15, 0.2) is 87.7 Å². The van der Waals surface area contributed by atoms with E-state index in [1.54, 1.807) is 41.1 Å². The minimum atomic E-state index is 0.435. The molecule has 0 atom stereocenters. The van der Waals surface area contributed by atoms with Crippen LogP contribution in [0.1, 0.15) is 74.8 Å². The van der Waals surface area contributed by atoms with Gasteiger partial charge in [0.2, 0.25) is 0 Å². The number of furan rings is 4. The van der Waals surface area contributed by atoms with Gasteiger partial charge in [-0.2, -0.15) is 0 Å². The van der Waals surface area contributed by atoms with Crippen LogP contribution in [-0.4, -0.2) is 12.6 Å². The van der Waals surface area contributed by atoms with Gasteiger partial charge in [0.25, 0.3) is 0 Å². The third-order valence-corrected chi connectivity index (χ3v) is 10.1. The SMILES string of the molecule is O=Cc1ccoc1Cc1ccc(Cc2oc(Cc3cc(Br)c(Cc4ccc(Cc5occc5Br)s4)o3)cc2C=O)s1. The van der Waals surface area contributed by atoms with Gasteiger partial charge in [0.1, 0.15) is 34.6 Å². The average Bonchev–Trinajstić information content (AvgIpc) is 3.80. The molecule has 41 heavy (non-hydrogen) atoms. The van der Waals surface area contributed by atoms with Crippen molar-refractivity contribution in [3.05, 3.63) is 135 Å². The van der Waals surface area contributed by atoms with Crippen molar-refractivity contribution in [2.24, 2.45) is 0 Å². The lowest BCUT2D eigenvalue weighted by atomic mass is 10.1. The zero-order valence-electron chi connectivity index (χ0n) is 21.5. The van der Waals surface area contributed by atoms with E-state index in [9.17, 15) is 9.59 Å². The summed E-state index contributed by atoms with van der Waals surface area (Å²) >= 11 is 10.5. The van der Waals surface area contributed by atoms with Gasteiger partial charge < -0.3 is 17.7 Å². The van der Waals surface area contributed by atoms with E-state index in [1.807, 2.05) is 24.3 Å². The molecular weight excluding hydrogens is 692 g/mol. The summed E-state index contributed by atoms with van der Waals surface area (Å²) in [6, 6.07) is 15.6. The number of carbonyl (C=O) groups excluding carboxylic acids is 2. The van der Waals surface area contributed by atoms with Gasteiger partial charge in [0.05, 0.1) is 39.0 Å². The van der Waals surface area contributed by atoms with Crippen LogP contribution in [0, 0.1) is 0 Å². The third kappa shape index (κ3) is 6.51. The molecule has 0 aliphatic rings. The molecule has 0 aliphatic heterocycles. The molecule has 6 heterocycles. The highest BCUT2D eigenvalue weighted by Gasteiger charge is 2.18. The molecule has 6 aromatic heterocycles. The molecule has 208 valence electrons. The summed E-state index contributed by atoms with van der Waals surface area (Å²) in [6.45, 7) is 0. The summed E-state index contributed by atoms with van der Waals surface area (Å²) in [5.74, 6) is 4.44. The molecule has 0 saturated carbocycles. The van der Waals surface area contributed by atoms with Crippen LogP contribution in [0.4, 0.5) is 0 Å². The van der Waals surface area contributed by atoms with Gasteiger partial charge in [0, 0.05) is 45.2 Å². The van der Waals surface area contributed by atoms with Crippen molar-refractivity contribution in [2.75, 3.05) is 0 Å². The third-order valence-electron chi connectivity index (χ3n) is 6.55. The van der Waals surface area contributed by atoms with Crippen molar-refractivity contribution in [1.82, 2.24) is 0 Å². The predicted molar refractivity (Wildman–Crippen MR) is 164 cm³/mol. The fourth-order valence-corrected chi connectivity index (χ4v) is 7.42. The highest BCUT2D eigenvalue weighted by molar-refractivity contribution is 9.10. The summed E-state index contributed by atoms with van der Waals surface area (Å²) in [5, 5.41) is 0. The van der Waals surface area contributed by atoms with Gasteiger partial charge in [-0.1, -0.05) is 0 Å². The van der Waals surface area contributed by atoms with E-state index in [2.05, 4.69) is 44.0 Å². The second-order valence-corrected chi connectivity index (χ2v) is 13.6. The summed E-state index contributed by atoms with van der Waals surface area (Å²) in [4.78, 5) is 27.5. The molecule has 0 fully saturated rings. The number of rotatable bonds is 12. The van der Waals surface area contributed by atoms with Crippen molar-refractivity contribution in [2.45, 2.75) is 32.1 Å².